The molecule has 0 radical (unpaired) electrons. The summed E-state index contributed by atoms with van der Waals surface area (Å²) in [6, 6.07) is 0. The summed E-state index contributed by atoms with van der Waals surface area (Å²) in [7, 11) is 0. The minimum absolute atomic E-state index is 0.0370. The van der Waals surface area contributed by atoms with Crippen LogP contribution in [0.2, 0.25) is 0 Å². The molecule has 5 rings (SSSR count). The molecule has 1 saturated heterocycles. The molecule has 0 aromatic rings. The summed E-state index contributed by atoms with van der Waals surface area (Å²) < 4.78 is 12.0. The molecule has 1 aliphatic heterocycles. The number of carbonyl (C=O) groups is 2. The van der Waals surface area contributed by atoms with E-state index < -0.39 is 53.7 Å². The SMILES string of the molecule is C[C@H](CCC(=O)C(C)(C)O)[C@H]1CC[C@@]2(C)[C@@H]3CC=C4[C@@H](CCC(O[C@@H]5O[C@H](CO)[C@@H](O)[C@H](O)[C@H]5O)C4(C)C)[C@]3(C)C(=O)C[C@]12C. The van der Waals surface area contributed by atoms with Crippen molar-refractivity contribution in [2.75, 3.05) is 6.61 Å². The molecule has 0 aromatic heterocycles. The zero-order valence-electron chi connectivity index (χ0n) is 28.6. The van der Waals surface area contributed by atoms with E-state index in [-0.39, 0.29) is 40.5 Å². The van der Waals surface area contributed by atoms with Crippen molar-refractivity contribution in [2.45, 2.75) is 149 Å². The molecule has 4 fully saturated rings. The van der Waals surface area contributed by atoms with Crippen molar-refractivity contribution in [3.63, 3.8) is 0 Å². The molecular formula is C36H58O9. The quantitative estimate of drug-likeness (QED) is 0.252. The largest absolute Gasteiger partial charge is 0.394 e. The van der Waals surface area contributed by atoms with Crippen molar-refractivity contribution in [3.8, 4) is 0 Å². The summed E-state index contributed by atoms with van der Waals surface area (Å²) in [4.78, 5) is 27.1. The lowest BCUT2D eigenvalue weighted by Gasteiger charge is -2.65. The maximum Gasteiger partial charge on any atom is 0.187 e. The standard InChI is InChI=1S/C36H58O9/c1-19(9-13-25(38)33(4,5)43)20-15-16-34(6)24-12-10-21-22(36(24,8)26(39)17-35(20,34)7)11-14-27(32(21,2)3)45-31-30(42)29(41)28(40)23(18-37)44-31/h10,19-20,22-24,27-31,37,40-43H,9,11-18H2,1-8H3/t19-,20-,22-,23-,24+,27?,28-,29+,30-,31+,34+,35-,36+/m1/s1. The topological polar surface area (TPSA) is 154 Å². The summed E-state index contributed by atoms with van der Waals surface area (Å²) in [5.74, 6) is 1.05. The highest BCUT2D eigenvalue weighted by Crippen LogP contribution is 2.74. The molecule has 0 aromatic carbocycles. The molecule has 256 valence electrons. The van der Waals surface area contributed by atoms with Crippen molar-refractivity contribution in [2.24, 2.45) is 45.3 Å². The monoisotopic (exact) mass is 634 g/mol. The molecule has 4 aliphatic carbocycles. The predicted molar refractivity (Wildman–Crippen MR) is 168 cm³/mol. The molecule has 0 amide bonds. The van der Waals surface area contributed by atoms with Crippen molar-refractivity contribution < 1.29 is 44.6 Å². The maximum atomic E-state index is 14.6. The summed E-state index contributed by atoms with van der Waals surface area (Å²) in [5, 5.41) is 51.0. The lowest BCUT2D eigenvalue weighted by molar-refractivity contribution is -0.319. The number of fused-ring (bicyclic) bond motifs is 5. The van der Waals surface area contributed by atoms with Crippen LogP contribution in [0.4, 0.5) is 0 Å². The number of hydrogen-bond donors (Lipinski definition) is 5. The summed E-state index contributed by atoms with van der Waals surface area (Å²) in [6.45, 7) is 16.0. The number of hydrogen-bond acceptors (Lipinski definition) is 9. The van der Waals surface area contributed by atoms with Gasteiger partial charge in [-0.05, 0) is 86.9 Å². The molecular weight excluding hydrogens is 576 g/mol. The molecule has 9 nitrogen and oxygen atoms in total. The molecule has 13 atom stereocenters. The fourth-order valence-electron chi connectivity index (χ4n) is 10.8. The van der Waals surface area contributed by atoms with Gasteiger partial charge in [0, 0.05) is 23.7 Å². The van der Waals surface area contributed by atoms with Crippen LogP contribution in [0.15, 0.2) is 11.6 Å². The summed E-state index contributed by atoms with van der Waals surface area (Å²) >= 11 is 0. The highest BCUT2D eigenvalue weighted by Gasteiger charge is 2.70. The Bertz CT molecular complexity index is 1190. The fourth-order valence-corrected chi connectivity index (χ4v) is 10.8. The molecule has 0 bridgehead atoms. The molecule has 3 saturated carbocycles. The maximum absolute atomic E-state index is 14.6. The Kier molecular flexibility index (Phi) is 9.16. The van der Waals surface area contributed by atoms with E-state index in [0.717, 1.165) is 25.7 Å². The van der Waals surface area contributed by atoms with Gasteiger partial charge in [0.1, 0.15) is 35.8 Å². The van der Waals surface area contributed by atoms with Crippen LogP contribution in [0.25, 0.3) is 0 Å². The Balaban J connectivity index is 1.38. The molecule has 1 unspecified atom stereocenters. The van der Waals surface area contributed by atoms with Crippen molar-refractivity contribution >= 4 is 11.6 Å². The van der Waals surface area contributed by atoms with Crippen LogP contribution < -0.4 is 0 Å². The third kappa shape index (κ3) is 5.31. The third-order valence-electron chi connectivity index (χ3n) is 14.0. The molecule has 5 aliphatic rings. The average Bonchev–Trinajstić information content (AvgIpc) is 3.23. The normalized spacial score (nSPS) is 46.9. The number of carbonyl (C=O) groups excluding carboxylic acids is 2. The van der Waals surface area contributed by atoms with Gasteiger partial charge in [-0.3, -0.25) is 9.59 Å². The summed E-state index contributed by atoms with van der Waals surface area (Å²) in [5.41, 5.74) is -1.32. The Hall–Kier alpha value is -1.20. The highest BCUT2D eigenvalue weighted by molar-refractivity contribution is 5.88. The van der Waals surface area contributed by atoms with Gasteiger partial charge in [-0.2, -0.15) is 0 Å². The lowest BCUT2D eigenvalue weighted by Crippen LogP contribution is -2.64. The van der Waals surface area contributed by atoms with Gasteiger partial charge in [0.05, 0.1) is 12.7 Å². The van der Waals surface area contributed by atoms with Gasteiger partial charge in [-0.25, -0.2) is 0 Å². The summed E-state index contributed by atoms with van der Waals surface area (Å²) in [6.07, 6.45) is 1.24. The number of rotatable bonds is 8. The van der Waals surface area contributed by atoms with E-state index >= 15 is 0 Å². The second kappa shape index (κ2) is 11.7. The Labute approximate surface area is 268 Å². The number of ether oxygens (including phenoxy) is 2. The minimum Gasteiger partial charge on any atom is -0.394 e. The van der Waals surface area contributed by atoms with Gasteiger partial charge in [0.25, 0.3) is 0 Å². The highest BCUT2D eigenvalue weighted by atomic mass is 16.7. The van der Waals surface area contributed by atoms with Gasteiger partial charge in [-0.1, -0.05) is 53.2 Å². The first-order valence-corrected chi connectivity index (χ1v) is 17.2. The van der Waals surface area contributed by atoms with Crippen LogP contribution in [0.1, 0.15) is 107 Å². The van der Waals surface area contributed by atoms with Gasteiger partial charge in [-0.15, -0.1) is 0 Å². The fraction of sp³-hybridized carbons (Fsp3) is 0.889. The Morgan fingerprint density at radius 1 is 1.04 bits per heavy atom. The zero-order chi connectivity index (χ0) is 33.5. The Morgan fingerprint density at radius 3 is 2.33 bits per heavy atom. The number of aliphatic hydroxyl groups is 5. The smallest absolute Gasteiger partial charge is 0.187 e. The van der Waals surface area contributed by atoms with E-state index in [4.69, 9.17) is 9.47 Å². The predicted octanol–water partition coefficient (Wildman–Crippen LogP) is 3.71. The van der Waals surface area contributed by atoms with E-state index in [1.54, 1.807) is 13.8 Å². The second-order valence-electron chi connectivity index (χ2n) is 17.0. The van der Waals surface area contributed by atoms with Crippen LogP contribution in [-0.4, -0.2) is 86.1 Å². The zero-order valence-corrected chi connectivity index (χ0v) is 28.6. The number of aliphatic hydroxyl groups excluding tert-OH is 4. The van der Waals surface area contributed by atoms with Gasteiger partial charge in [0.2, 0.25) is 0 Å². The van der Waals surface area contributed by atoms with Crippen LogP contribution in [0, 0.1) is 45.3 Å². The van der Waals surface area contributed by atoms with Crippen LogP contribution >= 0.6 is 0 Å². The minimum atomic E-state index is -1.50. The number of allylic oxidation sites excluding steroid dienone is 1. The van der Waals surface area contributed by atoms with Crippen LogP contribution in [-0.2, 0) is 19.1 Å². The van der Waals surface area contributed by atoms with Gasteiger partial charge >= 0.3 is 0 Å². The van der Waals surface area contributed by atoms with Crippen molar-refractivity contribution in [1.29, 1.82) is 0 Å². The Morgan fingerprint density at radius 2 is 1.71 bits per heavy atom. The second-order valence-corrected chi connectivity index (χ2v) is 17.0. The van der Waals surface area contributed by atoms with Crippen molar-refractivity contribution in [3.05, 3.63) is 11.6 Å². The molecule has 5 N–H and O–H groups in total. The van der Waals surface area contributed by atoms with E-state index in [9.17, 15) is 35.1 Å². The van der Waals surface area contributed by atoms with Gasteiger partial charge in [0.15, 0.2) is 12.1 Å². The number of Topliss-reactive ketones (excluding diaryl/α,β-unsaturated/α-hetero) is 2. The molecule has 45 heavy (non-hydrogen) atoms. The van der Waals surface area contributed by atoms with Crippen molar-refractivity contribution in [1.82, 2.24) is 0 Å². The first-order valence-electron chi connectivity index (χ1n) is 17.2. The first-order chi connectivity index (χ1) is 20.7. The first kappa shape index (κ1) is 35.1. The molecule has 9 heteroatoms. The molecule has 1 heterocycles. The van der Waals surface area contributed by atoms with Gasteiger partial charge < -0.3 is 35.0 Å². The third-order valence-corrected chi connectivity index (χ3v) is 14.0. The molecule has 0 spiro atoms. The van der Waals surface area contributed by atoms with E-state index in [2.05, 4.69) is 47.6 Å². The lowest BCUT2D eigenvalue weighted by atomic mass is 9.38. The van der Waals surface area contributed by atoms with E-state index in [1.807, 2.05) is 0 Å². The van der Waals surface area contributed by atoms with Crippen LogP contribution in [0.3, 0.4) is 0 Å². The number of ketones is 2. The average molecular weight is 635 g/mol. The van der Waals surface area contributed by atoms with Crippen LogP contribution in [0.5, 0.6) is 0 Å². The van der Waals surface area contributed by atoms with E-state index in [1.165, 1.54) is 5.57 Å². The van der Waals surface area contributed by atoms with E-state index in [0.29, 0.717) is 37.4 Å².